The lowest BCUT2D eigenvalue weighted by atomic mass is 9.78. The van der Waals surface area contributed by atoms with Crippen molar-refractivity contribution in [3.8, 4) is 0 Å². The van der Waals surface area contributed by atoms with Crippen LogP contribution in [0.5, 0.6) is 0 Å². The molecule has 0 aromatic carbocycles. The summed E-state index contributed by atoms with van der Waals surface area (Å²) in [5.41, 5.74) is 0. The lowest BCUT2D eigenvalue weighted by molar-refractivity contribution is 0.249. The highest BCUT2D eigenvalue weighted by molar-refractivity contribution is 6.20. The largest absolute Gasteiger partial charge is 0.123 e. The molecular formula is C12H23Cl. The molecule has 0 aromatic heterocycles. The Morgan fingerprint density at radius 2 is 2.08 bits per heavy atom. The molecule has 0 spiro atoms. The summed E-state index contributed by atoms with van der Waals surface area (Å²) in [5.74, 6) is 1.79. The summed E-state index contributed by atoms with van der Waals surface area (Å²) in [5, 5.41) is 0.458. The summed E-state index contributed by atoms with van der Waals surface area (Å²) >= 11 is 6.38. The van der Waals surface area contributed by atoms with Crippen molar-refractivity contribution in [1.82, 2.24) is 0 Å². The van der Waals surface area contributed by atoms with E-state index < -0.39 is 0 Å². The van der Waals surface area contributed by atoms with Crippen molar-refractivity contribution in [3.63, 3.8) is 0 Å². The maximum absolute atomic E-state index is 6.38. The highest BCUT2D eigenvalue weighted by Gasteiger charge is 2.25. The van der Waals surface area contributed by atoms with Crippen molar-refractivity contribution in [1.29, 1.82) is 0 Å². The van der Waals surface area contributed by atoms with Gasteiger partial charge in [0.2, 0.25) is 0 Å². The highest BCUT2D eigenvalue weighted by atomic mass is 35.5. The Hall–Kier alpha value is 0.290. The van der Waals surface area contributed by atoms with Crippen molar-refractivity contribution in [2.24, 2.45) is 11.8 Å². The van der Waals surface area contributed by atoms with Gasteiger partial charge in [0.25, 0.3) is 0 Å². The number of rotatable bonds is 4. The molecule has 1 rings (SSSR count). The van der Waals surface area contributed by atoms with Crippen LogP contribution >= 0.6 is 11.6 Å². The van der Waals surface area contributed by atoms with Crippen LogP contribution in [0.4, 0.5) is 0 Å². The minimum absolute atomic E-state index is 0.458. The summed E-state index contributed by atoms with van der Waals surface area (Å²) in [6.45, 7) is 4.55. The van der Waals surface area contributed by atoms with E-state index in [-0.39, 0.29) is 0 Å². The maximum Gasteiger partial charge on any atom is 0.0364 e. The Bertz CT molecular complexity index is 133. The highest BCUT2D eigenvalue weighted by Crippen LogP contribution is 2.35. The number of hydrogen-bond donors (Lipinski definition) is 0. The average molecular weight is 203 g/mol. The molecular weight excluding hydrogens is 180 g/mol. The van der Waals surface area contributed by atoms with E-state index >= 15 is 0 Å². The summed E-state index contributed by atoms with van der Waals surface area (Å²) < 4.78 is 0. The molecule has 78 valence electrons. The third kappa shape index (κ3) is 3.50. The molecule has 0 bridgehead atoms. The standard InChI is InChI=1S/C12H23Cl/c1-3-6-12(13)11-8-5-7-10(4-2)9-11/h10-12H,3-9H2,1-2H3. The van der Waals surface area contributed by atoms with Crippen LogP contribution in [0.1, 0.15) is 58.8 Å². The zero-order valence-corrected chi connectivity index (χ0v) is 9.82. The third-order valence-electron chi connectivity index (χ3n) is 3.48. The Kier molecular flexibility index (Phi) is 5.16. The predicted molar refractivity (Wildman–Crippen MR) is 60.3 cm³/mol. The second kappa shape index (κ2) is 5.90. The quantitative estimate of drug-likeness (QED) is 0.584. The molecule has 0 nitrogen and oxygen atoms in total. The van der Waals surface area contributed by atoms with Gasteiger partial charge in [0, 0.05) is 5.38 Å². The molecule has 1 fully saturated rings. The summed E-state index contributed by atoms with van der Waals surface area (Å²) in [6.07, 6.45) is 9.44. The van der Waals surface area contributed by atoms with Gasteiger partial charge >= 0.3 is 0 Å². The Morgan fingerprint density at radius 1 is 1.31 bits per heavy atom. The van der Waals surface area contributed by atoms with Crippen LogP contribution < -0.4 is 0 Å². The normalized spacial score (nSPS) is 31.6. The van der Waals surface area contributed by atoms with Gasteiger partial charge in [-0.1, -0.05) is 39.5 Å². The van der Waals surface area contributed by atoms with E-state index in [1.165, 1.54) is 44.9 Å². The fourth-order valence-electron chi connectivity index (χ4n) is 2.54. The SMILES string of the molecule is CCCC(Cl)C1CCCC(CC)C1. The van der Waals surface area contributed by atoms with Gasteiger partial charge in [0.1, 0.15) is 0 Å². The van der Waals surface area contributed by atoms with Crippen LogP contribution in [-0.2, 0) is 0 Å². The van der Waals surface area contributed by atoms with E-state index in [0.29, 0.717) is 5.38 Å². The maximum atomic E-state index is 6.38. The van der Waals surface area contributed by atoms with Gasteiger partial charge in [-0.3, -0.25) is 0 Å². The molecule has 0 heterocycles. The van der Waals surface area contributed by atoms with Crippen LogP contribution in [0, 0.1) is 11.8 Å². The predicted octanol–water partition coefficient (Wildman–Crippen LogP) is 4.61. The van der Waals surface area contributed by atoms with Crippen LogP contribution in [0.15, 0.2) is 0 Å². The van der Waals surface area contributed by atoms with E-state index in [2.05, 4.69) is 13.8 Å². The summed E-state index contributed by atoms with van der Waals surface area (Å²) in [7, 11) is 0. The van der Waals surface area contributed by atoms with Crippen molar-refractivity contribution in [2.75, 3.05) is 0 Å². The Balaban J connectivity index is 2.32. The fourth-order valence-corrected chi connectivity index (χ4v) is 2.99. The topological polar surface area (TPSA) is 0 Å². The van der Waals surface area contributed by atoms with E-state index in [9.17, 15) is 0 Å². The zero-order chi connectivity index (χ0) is 9.68. The van der Waals surface area contributed by atoms with E-state index in [1.807, 2.05) is 0 Å². The first-order valence-corrected chi connectivity index (χ1v) is 6.35. The lowest BCUT2D eigenvalue weighted by Crippen LogP contribution is -2.22. The van der Waals surface area contributed by atoms with E-state index in [1.54, 1.807) is 0 Å². The van der Waals surface area contributed by atoms with Crippen LogP contribution in [0.25, 0.3) is 0 Å². The van der Waals surface area contributed by atoms with Gasteiger partial charge in [0.05, 0.1) is 0 Å². The van der Waals surface area contributed by atoms with Gasteiger partial charge in [-0.05, 0) is 31.1 Å². The fraction of sp³-hybridized carbons (Fsp3) is 1.00. The number of halogens is 1. The van der Waals surface area contributed by atoms with Gasteiger partial charge in [-0.15, -0.1) is 11.6 Å². The van der Waals surface area contributed by atoms with E-state index in [4.69, 9.17) is 11.6 Å². The zero-order valence-electron chi connectivity index (χ0n) is 9.06. The average Bonchev–Trinajstić information content (AvgIpc) is 2.18. The van der Waals surface area contributed by atoms with Crippen LogP contribution in [0.2, 0.25) is 0 Å². The van der Waals surface area contributed by atoms with Crippen molar-refractivity contribution < 1.29 is 0 Å². The molecule has 0 N–H and O–H groups in total. The first kappa shape index (κ1) is 11.4. The van der Waals surface area contributed by atoms with Crippen LogP contribution in [0.3, 0.4) is 0 Å². The minimum Gasteiger partial charge on any atom is -0.123 e. The smallest absolute Gasteiger partial charge is 0.0364 e. The molecule has 1 aliphatic rings. The monoisotopic (exact) mass is 202 g/mol. The van der Waals surface area contributed by atoms with Crippen molar-refractivity contribution >= 4 is 11.6 Å². The first-order chi connectivity index (χ1) is 6.27. The number of hydrogen-bond acceptors (Lipinski definition) is 0. The molecule has 1 heteroatoms. The van der Waals surface area contributed by atoms with Gasteiger partial charge in [-0.2, -0.15) is 0 Å². The summed E-state index contributed by atoms with van der Waals surface area (Å²) in [4.78, 5) is 0. The molecule has 1 aliphatic carbocycles. The van der Waals surface area contributed by atoms with Gasteiger partial charge in [-0.25, -0.2) is 0 Å². The molecule has 0 amide bonds. The molecule has 3 unspecified atom stereocenters. The lowest BCUT2D eigenvalue weighted by Gasteiger charge is -2.31. The molecule has 0 aromatic rings. The summed E-state index contributed by atoms with van der Waals surface area (Å²) in [6, 6.07) is 0. The molecule has 13 heavy (non-hydrogen) atoms. The minimum atomic E-state index is 0.458. The van der Waals surface area contributed by atoms with Gasteiger partial charge in [0.15, 0.2) is 0 Å². The molecule has 3 atom stereocenters. The molecule has 0 saturated heterocycles. The molecule has 0 aliphatic heterocycles. The second-order valence-electron chi connectivity index (χ2n) is 4.51. The molecule has 1 saturated carbocycles. The third-order valence-corrected chi connectivity index (χ3v) is 4.05. The first-order valence-electron chi connectivity index (χ1n) is 5.92. The van der Waals surface area contributed by atoms with Crippen molar-refractivity contribution in [2.45, 2.75) is 64.2 Å². The Labute approximate surface area is 88.1 Å². The van der Waals surface area contributed by atoms with E-state index in [0.717, 1.165) is 11.8 Å². The Morgan fingerprint density at radius 3 is 2.69 bits per heavy atom. The number of alkyl halides is 1. The second-order valence-corrected chi connectivity index (χ2v) is 5.07. The molecule has 0 radical (unpaired) electrons. The van der Waals surface area contributed by atoms with Crippen LogP contribution in [-0.4, -0.2) is 5.38 Å². The van der Waals surface area contributed by atoms with Gasteiger partial charge < -0.3 is 0 Å². The van der Waals surface area contributed by atoms with Crippen molar-refractivity contribution in [3.05, 3.63) is 0 Å².